The maximum atomic E-state index is 14.5. The summed E-state index contributed by atoms with van der Waals surface area (Å²) in [7, 11) is 0. The van der Waals surface area contributed by atoms with Gasteiger partial charge in [0.05, 0.1) is 11.1 Å². The molecule has 2 aromatic carbocycles. The van der Waals surface area contributed by atoms with Gasteiger partial charge in [-0.05, 0) is 65.0 Å². The largest absolute Gasteiger partial charge is 0.492 e. The molecule has 34 heavy (non-hydrogen) atoms. The number of rotatable bonds is 7. The van der Waals surface area contributed by atoms with Gasteiger partial charge in [0, 0.05) is 12.1 Å². The Kier molecular flexibility index (Phi) is 7.69. The number of ether oxygens (including phenoxy) is 1. The highest BCUT2D eigenvalue weighted by Gasteiger charge is 2.36. The first-order valence-corrected chi connectivity index (χ1v) is 11.0. The maximum Gasteiger partial charge on any atom is 0.408 e. The number of fused-ring (bicyclic) bond motifs is 1. The van der Waals surface area contributed by atoms with Gasteiger partial charge in [-0.2, -0.15) is 13.2 Å². The molecule has 1 aliphatic rings. The standard InChI is InChI=1S/C22H20BrF5N2O4/c1-10(22(26,27)28)29-12-8-15(24)18(16(25)9-12)20(31)30-17(21(32)33)7-11-4-5-14(23)19-13(11)3-2-6-34-19/h4-5,8-10,17,29H,2-3,6-7H2,1H3,(H,30,31)(H,32,33). The summed E-state index contributed by atoms with van der Waals surface area (Å²) in [5.74, 6) is -5.08. The second-order valence-electron chi connectivity index (χ2n) is 7.76. The molecule has 3 rings (SSSR count). The molecule has 0 saturated heterocycles. The maximum absolute atomic E-state index is 14.5. The normalized spacial score (nSPS) is 15.0. The first kappa shape index (κ1) is 25.7. The van der Waals surface area contributed by atoms with Crippen LogP contribution >= 0.6 is 15.9 Å². The summed E-state index contributed by atoms with van der Waals surface area (Å²) in [5, 5.41) is 13.6. The third-order valence-corrected chi connectivity index (χ3v) is 5.92. The number of carbonyl (C=O) groups is 2. The van der Waals surface area contributed by atoms with Crippen LogP contribution in [0.1, 0.15) is 34.8 Å². The van der Waals surface area contributed by atoms with Crippen molar-refractivity contribution in [3.8, 4) is 5.75 Å². The Morgan fingerprint density at radius 1 is 1.21 bits per heavy atom. The number of carboxylic acids is 1. The molecule has 1 heterocycles. The van der Waals surface area contributed by atoms with Crippen LogP contribution in [0.3, 0.4) is 0 Å². The second kappa shape index (κ2) is 10.2. The predicted molar refractivity (Wildman–Crippen MR) is 116 cm³/mol. The monoisotopic (exact) mass is 550 g/mol. The summed E-state index contributed by atoms with van der Waals surface area (Å²) in [5.41, 5.74) is -0.259. The van der Waals surface area contributed by atoms with Crippen LogP contribution in [0.2, 0.25) is 0 Å². The number of alkyl halides is 3. The van der Waals surface area contributed by atoms with Gasteiger partial charge < -0.3 is 20.5 Å². The molecule has 0 saturated carbocycles. The van der Waals surface area contributed by atoms with E-state index in [0.717, 1.165) is 12.5 Å². The summed E-state index contributed by atoms with van der Waals surface area (Å²) >= 11 is 3.37. The molecule has 0 aliphatic carbocycles. The lowest BCUT2D eigenvalue weighted by molar-refractivity contribution is -0.139. The van der Waals surface area contributed by atoms with E-state index in [0.29, 0.717) is 47.4 Å². The zero-order valence-corrected chi connectivity index (χ0v) is 19.3. The highest BCUT2D eigenvalue weighted by molar-refractivity contribution is 9.10. The number of anilines is 1. The molecule has 12 heteroatoms. The van der Waals surface area contributed by atoms with Crippen molar-refractivity contribution < 1.29 is 41.4 Å². The first-order chi connectivity index (χ1) is 15.9. The zero-order chi connectivity index (χ0) is 25.2. The number of halogens is 6. The lowest BCUT2D eigenvalue weighted by Crippen LogP contribution is -2.43. The van der Waals surface area contributed by atoms with E-state index in [9.17, 15) is 36.6 Å². The summed E-state index contributed by atoms with van der Waals surface area (Å²) in [6.07, 6.45) is -3.50. The van der Waals surface area contributed by atoms with Crippen molar-refractivity contribution >= 4 is 33.5 Å². The molecule has 6 nitrogen and oxygen atoms in total. The van der Waals surface area contributed by atoms with Crippen LogP contribution in [0, 0.1) is 11.6 Å². The van der Waals surface area contributed by atoms with E-state index in [-0.39, 0.29) is 6.42 Å². The quantitative estimate of drug-likeness (QED) is 0.429. The van der Waals surface area contributed by atoms with E-state index < -0.39 is 53.0 Å². The number of carbonyl (C=O) groups excluding carboxylic acids is 1. The highest BCUT2D eigenvalue weighted by atomic mass is 79.9. The Balaban J connectivity index is 1.81. The molecule has 2 aromatic rings. The summed E-state index contributed by atoms with van der Waals surface area (Å²) in [4.78, 5) is 24.3. The predicted octanol–water partition coefficient (Wildman–Crippen LogP) is 4.84. The van der Waals surface area contributed by atoms with Gasteiger partial charge in [0.15, 0.2) is 0 Å². The van der Waals surface area contributed by atoms with E-state index in [2.05, 4.69) is 21.2 Å². The van der Waals surface area contributed by atoms with Crippen molar-refractivity contribution in [3.63, 3.8) is 0 Å². The Bertz CT molecular complexity index is 1090. The SMILES string of the molecule is CC(Nc1cc(F)c(C(=O)NC(Cc2ccc(Br)c3c2CCCO3)C(=O)O)c(F)c1)C(F)(F)F. The van der Waals surface area contributed by atoms with Crippen LogP contribution < -0.4 is 15.4 Å². The molecule has 2 unspecified atom stereocenters. The van der Waals surface area contributed by atoms with Crippen molar-refractivity contribution in [2.45, 2.75) is 44.4 Å². The summed E-state index contributed by atoms with van der Waals surface area (Å²) in [6.45, 7) is 1.26. The number of nitrogens with one attached hydrogen (secondary N) is 2. The van der Waals surface area contributed by atoms with E-state index in [1.54, 1.807) is 12.1 Å². The van der Waals surface area contributed by atoms with Crippen LogP contribution in [0.5, 0.6) is 5.75 Å². The number of carboxylic acid groups (broad SMARTS) is 1. The van der Waals surface area contributed by atoms with Crippen LogP contribution in [-0.4, -0.2) is 41.8 Å². The molecule has 3 N–H and O–H groups in total. The van der Waals surface area contributed by atoms with Gasteiger partial charge in [0.1, 0.15) is 35.0 Å². The fraction of sp³-hybridized carbons (Fsp3) is 0.364. The van der Waals surface area contributed by atoms with Gasteiger partial charge in [-0.15, -0.1) is 0 Å². The minimum Gasteiger partial charge on any atom is -0.492 e. The van der Waals surface area contributed by atoms with Crippen LogP contribution in [0.15, 0.2) is 28.7 Å². The lowest BCUT2D eigenvalue weighted by Gasteiger charge is -2.23. The van der Waals surface area contributed by atoms with Crippen LogP contribution in [0.25, 0.3) is 0 Å². The minimum atomic E-state index is -4.66. The molecule has 0 aromatic heterocycles. The molecular weight excluding hydrogens is 531 g/mol. The number of hydrogen-bond donors (Lipinski definition) is 3. The fourth-order valence-electron chi connectivity index (χ4n) is 3.54. The second-order valence-corrected chi connectivity index (χ2v) is 8.61. The molecule has 0 fully saturated rings. The summed E-state index contributed by atoms with van der Waals surface area (Å²) in [6, 6.07) is 0.803. The Morgan fingerprint density at radius 2 is 1.85 bits per heavy atom. The third kappa shape index (κ3) is 5.78. The van der Waals surface area contributed by atoms with E-state index >= 15 is 0 Å². The molecular formula is C22H20BrF5N2O4. The first-order valence-electron chi connectivity index (χ1n) is 10.2. The van der Waals surface area contributed by atoms with Crippen molar-refractivity contribution in [2.75, 3.05) is 11.9 Å². The highest BCUT2D eigenvalue weighted by Crippen LogP contribution is 2.36. The number of hydrogen-bond acceptors (Lipinski definition) is 4. The topological polar surface area (TPSA) is 87.7 Å². The molecule has 0 bridgehead atoms. The molecule has 0 radical (unpaired) electrons. The smallest absolute Gasteiger partial charge is 0.408 e. The van der Waals surface area contributed by atoms with Crippen LogP contribution in [-0.2, 0) is 17.6 Å². The Morgan fingerprint density at radius 3 is 2.44 bits per heavy atom. The number of amides is 1. The van der Waals surface area contributed by atoms with Gasteiger partial charge >= 0.3 is 12.1 Å². The lowest BCUT2D eigenvalue weighted by atomic mass is 9.95. The molecule has 0 spiro atoms. The van der Waals surface area contributed by atoms with Crippen molar-refractivity contribution in [2.24, 2.45) is 0 Å². The van der Waals surface area contributed by atoms with Gasteiger partial charge in [-0.25, -0.2) is 13.6 Å². The average molecular weight is 551 g/mol. The fourth-order valence-corrected chi connectivity index (χ4v) is 4.03. The Labute approximate surface area is 199 Å². The number of benzene rings is 2. The van der Waals surface area contributed by atoms with Gasteiger partial charge in [-0.3, -0.25) is 4.79 Å². The van der Waals surface area contributed by atoms with Crippen molar-refractivity contribution in [3.05, 3.63) is 57.1 Å². The number of aliphatic carboxylic acids is 1. The van der Waals surface area contributed by atoms with Gasteiger partial charge in [0.2, 0.25) is 0 Å². The van der Waals surface area contributed by atoms with Gasteiger partial charge in [-0.1, -0.05) is 6.07 Å². The molecule has 184 valence electrons. The van der Waals surface area contributed by atoms with Crippen LogP contribution in [0.4, 0.5) is 27.6 Å². The molecule has 1 aliphatic heterocycles. The average Bonchev–Trinajstić information content (AvgIpc) is 2.74. The Hall–Kier alpha value is -2.89. The molecule has 2 atom stereocenters. The van der Waals surface area contributed by atoms with Crippen molar-refractivity contribution in [1.29, 1.82) is 0 Å². The summed E-state index contributed by atoms with van der Waals surface area (Å²) < 4.78 is 73.3. The minimum absolute atomic E-state index is 0.175. The van der Waals surface area contributed by atoms with Gasteiger partial charge in [0.25, 0.3) is 5.91 Å². The van der Waals surface area contributed by atoms with E-state index in [1.807, 2.05) is 5.32 Å². The van der Waals surface area contributed by atoms with Crippen molar-refractivity contribution in [1.82, 2.24) is 5.32 Å². The van der Waals surface area contributed by atoms with E-state index in [4.69, 9.17) is 4.74 Å². The zero-order valence-electron chi connectivity index (χ0n) is 17.7. The molecule has 1 amide bonds. The third-order valence-electron chi connectivity index (χ3n) is 5.30. The van der Waals surface area contributed by atoms with E-state index in [1.165, 1.54) is 0 Å².